The Labute approximate surface area is 145 Å². The molecular formula is C20H29NO3. The number of amides is 1. The van der Waals surface area contributed by atoms with Gasteiger partial charge in [-0.3, -0.25) is 4.79 Å². The number of carbonyl (C=O) groups excluding carboxylic acids is 2. The van der Waals surface area contributed by atoms with Gasteiger partial charge in [-0.15, -0.1) is 6.58 Å². The van der Waals surface area contributed by atoms with Crippen molar-refractivity contribution in [1.29, 1.82) is 0 Å². The van der Waals surface area contributed by atoms with Crippen molar-refractivity contribution < 1.29 is 14.3 Å². The number of nitrogens with one attached hydrogen (secondary N) is 1. The minimum Gasteiger partial charge on any atom is -0.462 e. The van der Waals surface area contributed by atoms with E-state index in [-0.39, 0.29) is 5.91 Å². The summed E-state index contributed by atoms with van der Waals surface area (Å²) in [5.74, 6) is -0.466. The van der Waals surface area contributed by atoms with E-state index in [1.165, 1.54) is 19.3 Å². The standard InChI is InChI=1S/C20H29NO3/c1-3-5-6-7-8-9-10-11-16-19(22)21-18-15-13-12-14-17(18)20(23)24-4-2/h3,12-15H,1,4-11,16H2,2H3,(H,21,22). The van der Waals surface area contributed by atoms with Crippen molar-refractivity contribution in [3.8, 4) is 0 Å². The number of esters is 1. The fourth-order valence-corrected chi connectivity index (χ4v) is 2.47. The zero-order chi connectivity index (χ0) is 17.6. The molecule has 0 bridgehead atoms. The number of benzene rings is 1. The summed E-state index contributed by atoms with van der Waals surface area (Å²) in [6.45, 7) is 5.79. The van der Waals surface area contributed by atoms with Gasteiger partial charge in [0.05, 0.1) is 17.9 Å². The third-order valence-corrected chi connectivity index (χ3v) is 3.76. The molecular weight excluding hydrogens is 302 g/mol. The summed E-state index contributed by atoms with van der Waals surface area (Å²) in [4.78, 5) is 23.9. The Morgan fingerprint density at radius 1 is 1.08 bits per heavy atom. The monoisotopic (exact) mass is 331 g/mol. The molecule has 0 fully saturated rings. The van der Waals surface area contributed by atoms with Gasteiger partial charge in [0.15, 0.2) is 0 Å². The van der Waals surface area contributed by atoms with Gasteiger partial charge in [0.2, 0.25) is 5.91 Å². The predicted molar refractivity (Wildman–Crippen MR) is 98.2 cm³/mol. The van der Waals surface area contributed by atoms with E-state index in [0.717, 1.165) is 25.7 Å². The van der Waals surface area contributed by atoms with E-state index in [0.29, 0.717) is 24.3 Å². The topological polar surface area (TPSA) is 55.4 Å². The van der Waals surface area contributed by atoms with Gasteiger partial charge in [-0.1, -0.05) is 43.9 Å². The molecule has 0 radical (unpaired) electrons. The van der Waals surface area contributed by atoms with Crippen LogP contribution in [0.4, 0.5) is 5.69 Å². The van der Waals surface area contributed by atoms with Gasteiger partial charge in [0.25, 0.3) is 0 Å². The van der Waals surface area contributed by atoms with Crippen LogP contribution in [0.2, 0.25) is 0 Å². The fourth-order valence-electron chi connectivity index (χ4n) is 2.47. The first-order valence-electron chi connectivity index (χ1n) is 8.86. The lowest BCUT2D eigenvalue weighted by Crippen LogP contribution is -2.15. The predicted octanol–water partition coefficient (Wildman–Crippen LogP) is 5.11. The fraction of sp³-hybridized carbons (Fsp3) is 0.500. The maximum atomic E-state index is 12.0. The average molecular weight is 331 g/mol. The van der Waals surface area contributed by atoms with Gasteiger partial charge in [0, 0.05) is 6.42 Å². The van der Waals surface area contributed by atoms with Crippen LogP contribution in [0.15, 0.2) is 36.9 Å². The second-order valence-corrected chi connectivity index (χ2v) is 5.76. The van der Waals surface area contributed by atoms with E-state index < -0.39 is 5.97 Å². The SMILES string of the molecule is C=CCCCCCCCCC(=O)Nc1ccccc1C(=O)OCC. The van der Waals surface area contributed by atoms with Gasteiger partial charge >= 0.3 is 5.97 Å². The smallest absolute Gasteiger partial charge is 0.340 e. The van der Waals surface area contributed by atoms with Gasteiger partial charge in [-0.05, 0) is 38.3 Å². The van der Waals surface area contributed by atoms with Crippen molar-refractivity contribution in [2.45, 2.75) is 58.3 Å². The van der Waals surface area contributed by atoms with Crippen LogP contribution in [-0.4, -0.2) is 18.5 Å². The third-order valence-electron chi connectivity index (χ3n) is 3.76. The Balaban J connectivity index is 2.30. The molecule has 4 nitrogen and oxygen atoms in total. The van der Waals surface area contributed by atoms with Crippen LogP contribution in [-0.2, 0) is 9.53 Å². The van der Waals surface area contributed by atoms with Crippen LogP contribution in [0.1, 0.15) is 68.6 Å². The maximum absolute atomic E-state index is 12.0. The molecule has 1 N–H and O–H groups in total. The second-order valence-electron chi connectivity index (χ2n) is 5.76. The molecule has 0 aliphatic carbocycles. The number of hydrogen-bond acceptors (Lipinski definition) is 3. The molecule has 0 saturated heterocycles. The summed E-state index contributed by atoms with van der Waals surface area (Å²) in [6.07, 6.45) is 10.2. The minimum atomic E-state index is -0.409. The molecule has 0 aliphatic rings. The van der Waals surface area contributed by atoms with Crippen LogP contribution >= 0.6 is 0 Å². The first kappa shape index (κ1) is 19.9. The maximum Gasteiger partial charge on any atom is 0.340 e. The molecule has 1 aromatic carbocycles. The number of allylic oxidation sites excluding steroid dienone is 1. The lowest BCUT2D eigenvalue weighted by Gasteiger charge is -2.10. The molecule has 4 heteroatoms. The highest BCUT2D eigenvalue weighted by atomic mass is 16.5. The van der Waals surface area contributed by atoms with E-state index in [9.17, 15) is 9.59 Å². The number of anilines is 1. The highest BCUT2D eigenvalue weighted by molar-refractivity contribution is 6.01. The van der Waals surface area contributed by atoms with E-state index in [1.54, 1.807) is 31.2 Å². The van der Waals surface area contributed by atoms with Crippen molar-refractivity contribution >= 4 is 17.6 Å². The van der Waals surface area contributed by atoms with Gasteiger partial charge in [-0.2, -0.15) is 0 Å². The van der Waals surface area contributed by atoms with Crippen molar-refractivity contribution in [3.05, 3.63) is 42.5 Å². The summed E-state index contributed by atoms with van der Waals surface area (Å²) in [7, 11) is 0. The lowest BCUT2D eigenvalue weighted by molar-refractivity contribution is -0.116. The molecule has 1 amide bonds. The van der Waals surface area contributed by atoms with E-state index >= 15 is 0 Å². The highest BCUT2D eigenvalue weighted by Crippen LogP contribution is 2.17. The Morgan fingerprint density at radius 2 is 1.75 bits per heavy atom. The average Bonchev–Trinajstić information content (AvgIpc) is 2.58. The van der Waals surface area contributed by atoms with Crippen molar-refractivity contribution in [3.63, 3.8) is 0 Å². The second kappa shape index (κ2) is 12.3. The van der Waals surface area contributed by atoms with Crippen molar-refractivity contribution in [1.82, 2.24) is 0 Å². The van der Waals surface area contributed by atoms with Crippen molar-refractivity contribution in [2.75, 3.05) is 11.9 Å². The number of para-hydroxylation sites is 1. The molecule has 0 unspecified atom stereocenters. The highest BCUT2D eigenvalue weighted by Gasteiger charge is 2.13. The number of ether oxygens (including phenoxy) is 1. The largest absolute Gasteiger partial charge is 0.462 e. The molecule has 132 valence electrons. The molecule has 0 spiro atoms. The Hall–Kier alpha value is -2.10. The molecule has 0 saturated carbocycles. The first-order chi connectivity index (χ1) is 11.7. The number of rotatable bonds is 12. The summed E-state index contributed by atoms with van der Waals surface area (Å²) in [5, 5.41) is 2.82. The molecule has 1 aromatic rings. The van der Waals surface area contributed by atoms with Crippen LogP contribution in [0, 0.1) is 0 Å². The number of carbonyl (C=O) groups is 2. The summed E-state index contributed by atoms with van der Waals surface area (Å²) < 4.78 is 5.01. The Bertz CT molecular complexity index is 525. The zero-order valence-corrected chi connectivity index (χ0v) is 14.7. The lowest BCUT2D eigenvalue weighted by atomic mass is 10.1. The molecule has 0 aliphatic heterocycles. The molecule has 1 rings (SSSR count). The van der Waals surface area contributed by atoms with Crippen LogP contribution in [0.25, 0.3) is 0 Å². The molecule has 0 atom stereocenters. The molecule has 24 heavy (non-hydrogen) atoms. The van der Waals surface area contributed by atoms with Crippen molar-refractivity contribution in [2.24, 2.45) is 0 Å². The van der Waals surface area contributed by atoms with Gasteiger partial charge in [0.1, 0.15) is 0 Å². The number of hydrogen-bond donors (Lipinski definition) is 1. The zero-order valence-electron chi connectivity index (χ0n) is 14.7. The summed E-state index contributed by atoms with van der Waals surface area (Å²) >= 11 is 0. The van der Waals surface area contributed by atoms with E-state index in [1.807, 2.05) is 6.08 Å². The van der Waals surface area contributed by atoms with Crippen LogP contribution in [0.5, 0.6) is 0 Å². The first-order valence-corrected chi connectivity index (χ1v) is 8.86. The normalized spacial score (nSPS) is 10.2. The van der Waals surface area contributed by atoms with Gasteiger partial charge in [-0.25, -0.2) is 4.79 Å². The number of unbranched alkanes of at least 4 members (excludes halogenated alkanes) is 6. The van der Waals surface area contributed by atoms with Crippen LogP contribution in [0.3, 0.4) is 0 Å². The van der Waals surface area contributed by atoms with Crippen LogP contribution < -0.4 is 5.32 Å². The summed E-state index contributed by atoms with van der Waals surface area (Å²) in [6, 6.07) is 6.94. The quantitative estimate of drug-likeness (QED) is 0.329. The Kier molecular flexibility index (Phi) is 10.3. The Morgan fingerprint density at radius 3 is 2.46 bits per heavy atom. The third kappa shape index (κ3) is 7.95. The van der Waals surface area contributed by atoms with Gasteiger partial charge < -0.3 is 10.1 Å². The summed E-state index contributed by atoms with van der Waals surface area (Å²) in [5.41, 5.74) is 0.917. The minimum absolute atomic E-state index is 0.0570. The molecule has 0 heterocycles. The van der Waals surface area contributed by atoms with E-state index in [4.69, 9.17) is 4.74 Å². The molecule has 0 aromatic heterocycles. The van der Waals surface area contributed by atoms with E-state index in [2.05, 4.69) is 11.9 Å².